The Kier molecular flexibility index (Phi) is 7.97. The normalized spacial score (nSPS) is 13.5. The average Bonchev–Trinajstić information content (AvgIpc) is 2.88. The van der Waals surface area contributed by atoms with E-state index >= 15 is 0 Å². The summed E-state index contributed by atoms with van der Waals surface area (Å²) in [5.41, 5.74) is 1.72. The summed E-state index contributed by atoms with van der Waals surface area (Å²) >= 11 is 7.39. The van der Waals surface area contributed by atoms with Crippen molar-refractivity contribution >= 4 is 46.5 Å². The fraction of sp³-hybridized carbons (Fsp3) is 0.292. The molecule has 1 aromatic heterocycles. The van der Waals surface area contributed by atoms with Gasteiger partial charge in [0, 0.05) is 43.0 Å². The van der Waals surface area contributed by atoms with Gasteiger partial charge < -0.3 is 24.6 Å². The molecule has 34 heavy (non-hydrogen) atoms. The minimum atomic E-state index is -0.168. The minimum Gasteiger partial charge on any atom is -0.497 e. The van der Waals surface area contributed by atoms with Crippen LogP contribution in [0.15, 0.2) is 59.9 Å². The Bertz CT molecular complexity index is 1120. The van der Waals surface area contributed by atoms with Crippen LogP contribution >= 0.6 is 23.4 Å². The van der Waals surface area contributed by atoms with Crippen molar-refractivity contribution in [2.24, 2.45) is 0 Å². The maximum atomic E-state index is 12.5. The van der Waals surface area contributed by atoms with E-state index in [1.54, 1.807) is 38.7 Å². The number of ether oxygens (including phenoxy) is 2. The van der Waals surface area contributed by atoms with Gasteiger partial charge in [0.1, 0.15) is 28.7 Å². The van der Waals surface area contributed by atoms with Crippen molar-refractivity contribution in [1.29, 1.82) is 0 Å². The summed E-state index contributed by atoms with van der Waals surface area (Å²) in [5, 5.41) is 4.11. The molecular weight excluding hydrogens is 474 g/mol. The van der Waals surface area contributed by atoms with Gasteiger partial charge in [-0.25, -0.2) is 9.97 Å². The number of carbonyl (C=O) groups is 1. The van der Waals surface area contributed by atoms with Crippen LogP contribution in [0, 0.1) is 0 Å². The molecule has 3 aromatic rings. The van der Waals surface area contributed by atoms with Crippen LogP contribution in [0.5, 0.6) is 11.5 Å². The summed E-state index contributed by atoms with van der Waals surface area (Å²) in [6, 6.07) is 15.1. The lowest BCUT2D eigenvalue weighted by molar-refractivity contribution is -0.113. The second kappa shape index (κ2) is 11.3. The third-order valence-corrected chi connectivity index (χ3v) is 6.62. The van der Waals surface area contributed by atoms with E-state index in [9.17, 15) is 4.79 Å². The van der Waals surface area contributed by atoms with E-state index in [2.05, 4.69) is 37.2 Å². The first-order valence-corrected chi connectivity index (χ1v) is 12.1. The van der Waals surface area contributed by atoms with E-state index in [1.165, 1.54) is 17.4 Å². The molecule has 0 unspecified atom stereocenters. The van der Waals surface area contributed by atoms with Crippen molar-refractivity contribution in [2.75, 3.05) is 61.3 Å². The van der Waals surface area contributed by atoms with E-state index in [0.29, 0.717) is 16.5 Å². The van der Waals surface area contributed by atoms with Crippen LogP contribution < -0.4 is 24.6 Å². The lowest BCUT2D eigenvalue weighted by Crippen LogP contribution is -2.46. The molecule has 1 saturated heterocycles. The molecule has 2 aromatic carbocycles. The molecule has 0 spiro atoms. The monoisotopic (exact) mass is 499 g/mol. The molecule has 0 bridgehead atoms. The zero-order valence-corrected chi connectivity index (χ0v) is 20.6. The number of benzene rings is 2. The molecule has 1 N–H and O–H groups in total. The quantitative estimate of drug-likeness (QED) is 0.365. The van der Waals surface area contributed by atoms with E-state index in [-0.39, 0.29) is 11.7 Å². The molecule has 0 atom stereocenters. The number of rotatable bonds is 8. The second-order valence-electron chi connectivity index (χ2n) is 7.57. The molecule has 4 rings (SSSR count). The van der Waals surface area contributed by atoms with Gasteiger partial charge in [0.15, 0.2) is 0 Å². The molecule has 0 saturated carbocycles. The highest BCUT2D eigenvalue weighted by Gasteiger charge is 2.19. The van der Waals surface area contributed by atoms with E-state index in [1.807, 2.05) is 18.2 Å². The number of hydrogen-bond donors (Lipinski definition) is 1. The average molecular weight is 500 g/mol. The third-order valence-electron chi connectivity index (χ3n) is 5.46. The first-order chi connectivity index (χ1) is 16.6. The van der Waals surface area contributed by atoms with Crippen LogP contribution in [0.1, 0.15) is 0 Å². The zero-order valence-electron chi connectivity index (χ0n) is 19.0. The molecule has 1 amide bonds. The molecule has 0 radical (unpaired) electrons. The highest BCUT2D eigenvalue weighted by atomic mass is 35.5. The Hall–Kier alpha value is -3.17. The van der Waals surface area contributed by atoms with Gasteiger partial charge in [-0.15, -0.1) is 0 Å². The summed E-state index contributed by atoms with van der Waals surface area (Å²) in [7, 11) is 3.22. The fourth-order valence-corrected chi connectivity index (χ4v) is 4.51. The number of methoxy groups -OCH3 is 2. The Morgan fingerprint density at radius 1 is 1.00 bits per heavy atom. The number of aromatic nitrogens is 2. The summed E-state index contributed by atoms with van der Waals surface area (Å²) in [6.45, 7) is 3.48. The van der Waals surface area contributed by atoms with Gasteiger partial charge in [0.25, 0.3) is 0 Å². The molecule has 0 aliphatic carbocycles. The van der Waals surface area contributed by atoms with Crippen molar-refractivity contribution in [3.05, 3.63) is 59.9 Å². The summed E-state index contributed by atoms with van der Waals surface area (Å²) < 4.78 is 10.5. The first-order valence-electron chi connectivity index (χ1n) is 10.8. The molecule has 2 heterocycles. The molecule has 1 aliphatic heterocycles. The van der Waals surface area contributed by atoms with E-state index in [4.69, 9.17) is 21.1 Å². The largest absolute Gasteiger partial charge is 0.497 e. The number of nitrogens with one attached hydrogen (secondary N) is 1. The highest BCUT2D eigenvalue weighted by molar-refractivity contribution is 7.99. The predicted octanol–water partition coefficient (Wildman–Crippen LogP) is 4.20. The van der Waals surface area contributed by atoms with Crippen LogP contribution in [-0.2, 0) is 4.79 Å². The van der Waals surface area contributed by atoms with E-state index in [0.717, 1.165) is 42.8 Å². The predicted molar refractivity (Wildman–Crippen MR) is 137 cm³/mol. The number of thioether (sulfide) groups is 1. The van der Waals surface area contributed by atoms with Gasteiger partial charge in [0.2, 0.25) is 5.91 Å². The van der Waals surface area contributed by atoms with Gasteiger partial charge in [-0.05, 0) is 42.5 Å². The van der Waals surface area contributed by atoms with Crippen molar-refractivity contribution in [2.45, 2.75) is 5.03 Å². The Morgan fingerprint density at radius 3 is 2.44 bits per heavy atom. The summed E-state index contributed by atoms with van der Waals surface area (Å²) in [4.78, 5) is 25.8. The smallest absolute Gasteiger partial charge is 0.234 e. The van der Waals surface area contributed by atoms with Crippen LogP contribution in [0.2, 0.25) is 5.02 Å². The van der Waals surface area contributed by atoms with Crippen molar-refractivity contribution in [3.63, 3.8) is 0 Å². The Labute approximate surface area is 208 Å². The number of nitrogens with zero attached hydrogens (tertiary/aromatic N) is 4. The van der Waals surface area contributed by atoms with Crippen molar-refractivity contribution in [1.82, 2.24) is 9.97 Å². The number of carbonyl (C=O) groups excluding carboxylic acids is 1. The topological polar surface area (TPSA) is 79.8 Å². The fourth-order valence-electron chi connectivity index (χ4n) is 3.67. The number of anilines is 3. The lowest BCUT2D eigenvalue weighted by Gasteiger charge is -2.36. The highest BCUT2D eigenvalue weighted by Crippen LogP contribution is 2.28. The zero-order chi connectivity index (χ0) is 23.9. The van der Waals surface area contributed by atoms with Gasteiger partial charge in [-0.2, -0.15) is 0 Å². The Morgan fingerprint density at radius 2 is 1.74 bits per heavy atom. The SMILES string of the molecule is COc1ccc(N2CCN(c3cc(SCC(=O)Nc4cc(Cl)ccc4OC)ncn3)CC2)cc1. The molecular formula is C24H26ClN5O3S. The lowest BCUT2D eigenvalue weighted by atomic mass is 10.2. The van der Waals surface area contributed by atoms with Gasteiger partial charge >= 0.3 is 0 Å². The first kappa shape index (κ1) is 24.0. The standard InChI is InChI=1S/C24H26ClN5O3S/c1-32-19-6-4-18(5-7-19)29-9-11-30(12-10-29)22-14-24(27-16-26-22)34-15-23(31)28-20-13-17(25)3-8-21(20)33-2/h3-8,13-14,16H,9-12,15H2,1-2H3,(H,28,31). The van der Waals surface area contributed by atoms with Crippen molar-refractivity contribution < 1.29 is 14.3 Å². The van der Waals surface area contributed by atoms with Crippen LogP contribution in [0.25, 0.3) is 0 Å². The van der Waals surface area contributed by atoms with Crippen molar-refractivity contribution in [3.8, 4) is 11.5 Å². The molecule has 8 nitrogen and oxygen atoms in total. The maximum Gasteiger partial charge on any atom is 0.234 e. The summed E-state index contributed by atoms with van der Waals surface area (Å²) in [5.74, 6) is 2.31. The number of amides is 1. The van der Waals surface area contributed by atoms with Crippen LogP contribution in [0.4, 0.5) is 17.2 Å². The summed E-state index contributed by atoms with van der Waals surface area (Å²) in [6.07, 6.45) is 1.55. The van der Waals surface area contributed by atoms with E-state index < -0.39 is 0 Å². The van der Waals surface area contributed by atoms with Gasteiger partial charge in [0.05, 0.1) is 25.7 Å². The number of piperazine rings is 1. The number of hydrogen-bond acceptors (Lipinski definition) is 8. The molecule has 10 heteroatoms. The maximum absolute atomic E-state index is 12.5. The van der Waals surface area contributed by atoms with Gasteiger partial charge in [-0.1, -0.05) is 23.4 Å². The van der Waals surface area contributed by atoms with Crippen LogP contribution in [-0.4, -0.2) is 62.0 Å². The van der Waals surface area contributed by atoms with Crippen LogP contribution in [0.3, 0.4) is 0 Å². The second-order valence-corrected chi connectivity index (χ2v) is 9.00. The Balaban J connectivity index is 1.31. The van der Waals surface area contributed by atoms with Gasteiger partial charge in [-0.3, -0.25) is 4.79 Å². The molecule has 1 fully saturated rings. The third kappa shape index (κ3) is 6.03. The minimum absolute atomic E-state index is 0.168. The number of halogens is 1. The molecule has 1 aliphatic rings. The molecule has 178 valence electrons.